The number of thiophene rings is 2. The molecule has 0 aliphatic rings. The van der Waals surface area contributed by atoms with Crippen molar-refractivity contribution >= 4 is 107 Å². The summed E-state index contributed by atoms with van der Waals surface area (Å²) in [4.78, 5) is 0. The van der Waals surface area contributed by atoms with E-state index in [1.807, 2.05) is 22.7 Å². The summed E-state index contributed by atoms with van der Waals surface area (Å²) in [5.74, 6) is 0. The lowest BCUT2D eigenvalue weighted by Crippen LogP contribution is -1.96. The zero-order chi connectivity index (χ0) is 33.9. The third-order valence-corrected chi connectivity index (χ3v) is 13.4. The number of fused-ring (bicyclic) bond motifs is 13. The van der Waals surface area contributed by atoms with E-state index in [0.717, 1.165) is 5.69 Å². The van der Waals surface area contributed by atoms with Crippen LogP contribution in [-0.4, -0.2) is 9.13 Å². The smallest absolute Gasteiger partial charge is 0.0555 e. The number of rotatable bonds is 3. The van der Waals surface area contributed by atoms with Crippen LogP contribution >= 0.6 is 22.7 Å². The van der Waals surface area contributed by atoms with Gasteiger partial charge in [-0.15, -0.1) is 22.7 Å². The van der Waals surface area contributed by atoms with Crippen LogP contribution < -0.4 is 0 Å². The van der Waals surface area contributed by atoms with Crippen molar-refractivity contribution in [1.29, 1.82) is 0 Å². The Bertz CT molecular complexity index is 3350. The summed E-state index contributed by atoms with van der Waals surface area (Å²) in [5.41, 5.74) is 9.76. The molecule has 4 heteroatoms. The van der Waals surface area contributed by atoms with Crippen molar-refractivity contribution in [3.8, 4) is 22.5 Å². The fourth-order valence-electron chi connectivity index (χ4n) is 8.66. The van der Waals surface area contributed by atoms with E-state index in [9.17, 15) is 0 Å². The predicted molar refractivity (Wildman–Crippen MR) is 226 cm³/mol. The number of benzene rings is 8. The van der Waals surface area contributed by atoms with Gasteiger partial charge in [-0.2, -0.15) is 0 Å². The fraction of sp³-hybridized carbons (Fsp3) is 0. The second-order valence-electron chi connectivity index (χ2n) is 13.7. The number of aromatic nitrogens is 2. The highest BCUT2D eigenvalue weighted by molar-refractivity contribution is 7.27. The lowest BCUT2D eigenvalue weighted by molar-refractivity contribution is 1.17. The first-order valence-corrected chi connectivity index (χ1v) is 19.3. The van der Waals surface area contributed by atoms with Crippen LogP contribution in [0.1, 0.15) is 0 Å². The molecule has 0 atom stereocenters. The van der Waals surface area contributed by atoms with E-state index in [0.29, 0.717) is 0 Å². The number of hydrogen-bond acceptors (Lipinski definition) is 2. The minimum atomic E-state index is 1.16. The van der Waals surface area contributed by atoms with Crippen molar-refractivity contribution < 1.29 is 0 Å². The van der Waals surface area contributed by atoms with Crippen LogP contribution in [0.25, 0.3) is 106 Å². The average Bonchev–Trinajstić information content (AvgIpc) is 3.95. The molecule has 0 unspecified atom stereocenters. The minimum absolute atomic E-state index is 1.16. The van der Waals surface area contributed by atoms with Gasteiger partial charge in [0.05, 0.1) is 22.1 Å². The van der Waals surface area contributed by atoms with Crippen LogP contribution in [0.3, 0.4) is 0 Å². The summed E-state index contributed by atoms with van der Waals surface area (Å²) >= 11 is 3.79. The van der Waals surface area contributed by atoms with E-state index >= 15 is 0 Å². The van der Waals surface area contributed by atoms with Crippen molar-refractivity contribution in [3.05, 3.63) is 170 Å². The summed E-state index contributed by atoms with van der Waals surface area (Å²) in [6, 6.07) is 62.8. The molecule has 12 aromatic rings. The van der Waals surface area contributed by atoms with Crippen LogP contribution in [0.4, 0.5) is 0 Å². The second kappa shape index (κ2) is 10.7. The van der Waals surface area contributed by atoms with Gasteiger partial charge >= 0.3 is 0 Å². The van der Waals surface area contributed by atoms with Crippen LogP contribution in [-0.2, 0) is 0 Å². The predicted octanol–water partition coefficient (Wildman–Crippen LogP) is 14.3. The topological polar surface area (TPSA) is 9.86 Å². The van der Waals surface area contributed by atoms with E-state index in [1.54, 1.807) is 0 Å². The first kappa shape index (κ1) is 28.5. The summed E-state index contributed by atoms with van der Waals surface area (Å²) in [7, 11) is 0. The maximum absolute atomic E-state index is 2.47. The number of para-hydroxylation sites is 2. The molecule has 52 heavy (non-hydrogen) atoms. The van der Waals surface area contributed by atoms with Crippen molar-refractivity contribution in [1.82, 2.24) is 9.13 Å². The summed E-state index contributed by atoms with van der Waals surface area (Å²) < 4.78 is 10.2. The first-order chi connectivity index (χ1) is 25.8. The normalized spacial score (nSPS) is 12.2. The maximum atomic E-state index is 2.47. The molecule has 8 aromatic carbocycles. The Morgan fingerprint density at radius 1 is 0.327 bits per heavy atom. The van der Waals surface area contributed by atoms with Crippen LogP contribution in [0.2, 0.25) is 0 Å². The monoisotopic (exact) mass is 696 g/mol. The number of hydrogen-bond donors (Lipinski definition) is 0. The highest BCUT2D eigenvalue weighted by Crippen LogP contribution is 2.45. The Balaban J connectivity index is 1.11. The highest BCUT2D eigenvalue weighted by Gasteiger charge is 2.20. The molecule has 0 amide bonds. The van der Waals surface area contributed by atoms with Crippen molar-refractivity contribution in [2.24, 2.45) is 0 Å². The zero-order valence-corrected chi connectivity index (χ0v) is 29.5. The Kier molecular flexibility index (Phi) is 5.84. The van der Waals surface area contributed by atoms with Crippen molar-refractivity contribution in [2.75, 3.05) is 0 Å². The molecule has 0 spiro atoms. The van der Waals surface area contributed by atoms with E-state index < -0.39 is 0 Å². The molecule has 4 aromatic heterocycles. The van der Waals surface area contributed by atoms with Gasteiger partial charge in [-0.3, -0.25) is 0 Å². The zero-order valence-electron chi connectivity index (χ0n) is 27.9. The molecule has 12 rings (SSSR count). The van der Waals surface area contributed by atoms with Gasteiger partial charge in [-0.25, -0.2) is 0 Å². The van der Waals surface area contributed by atoms with Gasteiger partial charge in [0.1, 0.15) is 0 Å². The summed E-state index contributed by atoms with van der Waals surface area (Å²) in [5, 5.41) is 10.4. The minimum Gasteiger partial charge on any atom is -0.309 e. The van der Waals surface area contributed by atoms with Gasteiger partial charge in [0, 0.05) is 73.3 Å². The molecular formula is C48H28N2S2. The molecule has 0 aliphatic heterocycles. The van der Waals surface area contributed by atoms with Crippen molar-refractivity contribution in [2.45, 2.75) is 0 Å². The Morgan fingerprint density at radius 2 is 0.846 bits per heavy atom. The second-order valence-corrected chi connectivity index (χ2v) is 15.8. The average molecular weight is 697 g/mol. The van der Waals surface area contributed by atoms with Gasteiger partial charge in [0.15, 0.2) is 0 Å². The molecule has 0 saturated heterocycles. The quantitative estimate of drug-likeness (QED) is 0.174. The standard InChI is InChI=1S/C48H28N2S2/c1-5-16-40-33(10-1)34-11-2-6-17-41(34)50(40)31-24-26-42-39(28-31)46-43(27-25-38-36-13-4-8-19-45(36)52-48(38)46)49(42)30-22-20-29(21-23-30)32-14-9-15-37-35-12-3-7-18-44(35)51-47(32)37/h1-28H. The third-order valence-electron chi connectivity index (χ3n) is 10.9. The Labute approximate surface area is 306 Å². The molecule has 0 saturated carbocycles. The number of nitrogens with zero attached hydrogens (tertiary/aromatic N) is 2. The van der Waals surface area contributed by atoms with E-state index in [1.165, 1.54) is 101 Å². The van der Waals surface area contributed by atoms with E-state index in [2.05, 4.69) is 179 Å². The van der Waals surface area contributed by atoms with Crippen molar-refractivity contribution in [3.63, 3.8) is 0 Å². The van der Waals surface area contributed by atoms with Crippen LogP contribution in [0.15, 0.2) is 170 Å². The summed E-state index contributed by atoms with van der Waals surface area (Å²) in [6.07, 6.45) is 0. The molecule has 0 aliphatic carbocycles. The molecular weight excluding hydrogens is 669 g/mol. The molecule has 0 bridgehead atoms. The van der Waals surface area contributed by atoms with Crippen LogP contribution in [0.5, 0.6) is 0 Å². The SMILES string of the molecule is c1ccc2c(c1)sc1c(-c3ccc(-n4c5ccc(-n6c7ccccc7c7ccccc76)cc5c5c6sc7ccccc7c6ccc54)cc3)cccc12. The Hall–Kier alpha value is -6.20. The highest BCUT2D eigenvalue weighted by atomic mass is 32.1. The molecule has 2 nitrogen and oxygen atoms in total. The van der Waals surface area contributed by atoms with Gasteiger partial charge in [0.25, 0.3) is 0 Å². The third kappa shape index (κ3) is 3.88. The lowest BCUT2D eigenvalue weighted by Gasteiger charge is -2.11. The lowest BCUT2D eigenvalue weighted by atomic mass is 10.0. The van der Waals surface area contributed by atoms with Crippen LogP contribution in [0, 0.1) is 0 Å². The maximum Gasteiger partial charge on any atom is 0.0555 e. The first-order valence-electron chi connectivity index (χ1n) is 17.7. The van der Waals surface area contributed by atoms with Gasteiger partial charge in [-0.1, -0.05) is 109 Å². The Morgan fingerprint density at radius 3 is 1.56 bits per heavy atom. The van der Waals surface area contributed by atoms with Gasteiger partial charge in [-0.05, 0) is 71.8 Å². The largest absolute Gasteiger partial charge is 0.309 e. The van der Waals surface area contributed by atoms with Gasteiger partial charge < -0.3 is 9.13 Å². The molecule has 4 heterocycles. The summed E-state index contributed by atoms with van der Waals surface area (Å²) in [6.45, 7) is 0. The molecule has 0 fully saturated rings. The van der Waals surface area contributed by atoms with Gasteiger partial charge in [0.2, 0.25) is 0 Å². The molecule has 242 valence electrons. The van der Waals surface area contributed by atoms with E-state index in [4.69, 9.17) is 0 Å². The molecule has 0 radical (unpaired) electrons. The molecule has 0 N–H and O–H groups in total. The fourth-order valence-corrected chi connectivity index (χ4v) is 11.2. The van der Waals surface area contributed by atoms with E-state index in [-0.39, 0.29) is 0 Å².